The Balaban J connectivity index is 1.15. The van der Waals surface area contributed by atoms with E-state index in [1.165, 1.54) is 0 Å². The molecule has 0 radical (unpaired) electrons. The van der Waals surface area contributed by atoms with Crippen LogP contribution in [0, 0.1) is 0 Å². The van der Waals surface area contributed by atoms with Gasteiger partial charge < -0.3 is 10.2 Å². The molecule has 0 saturated carbocycles. The lowest BCUT2D eigenvalue weighted by Crippen LogP contribution is -2.66. The molecule has 1 aliphatic rings. The molecule has 0 unspecified atom stereocenters. The lowest BCUT2D eigenvalue weighted by atomic mass is 9.87. The lowest BCUT2D eigenvalue weighted by Gasteiger charge is -2.47. The monoisotopic (exact) mass is 565 g/mol. The van der Waals surface area contributed by atoms with E-state index in [0.29, 0.717) is 24.3 Å². The fraction of sp³-hybridized carbons (Fsp3) is 0.111. The maximum atomic E-state index is 13.3. The third-order valence-electron chi connectivity index (χ3n) is 7.39. The minimum atomic E-state index is -0.668. The van der Waals surface area contributed by atoms with Gasteiger partial charge in [-0.3, -0.25) is 14.6 Å². The molecule has 2 atom stereocenters. The standard InChI is InChI=1S/C36H31N5O2/c42-35(37-33-34(29-17-9-3-10-18-29)41(36(33)43)32-19-11-4-12-20-32)30-21-23-31(24-22-30)38-39-40(25-27-13-5-1-6-14-27)26-28-15-7-2-8-16-28/h1-24,33-34H,25-26H2,(H,37,42)/t33-,34-/m1/s1. The fourth-order valence-electron chi connectivity index (χ4n) is 5.22. The van der Waals surface area contributed by atoms with Crippen LogP contribution in [0.5, 0.6) is 0 Å². The molecule has 0 spiro atoms. The van der Waals surface area contributed by atoms with Gasteiger partial charge in [-0.05, 0) is 53.1 Å². The third kappa shape index (κ3) is 6.52. The van der Waals surface area contributed by atoms with Crippen LogP contribution in [-0.2, 0) is 17.9 Å². The van der Waals surface area contributed by atoms with Gasteiger partial charge in [0.25, 0.3) is 11.8 Å². The Kier molecular flexibility index (Phi) is 8.32. The Morgan fingerprint density at radius 3 is 1.74 bits per heavy atom. The molecule has 7 heteroatoms. The van der Waals surface area contributed by atoms with Crippen molar-refractivity contribution in [3.05, 3.63) is 168 Å². The SMILES string of the molecule is O=C(N[C@H]1C(=O)N(c2ccccc2)[C@@H]1c1ccccc1)c1ccc(N=NN(Cc2ccccc2)Cc2ccccc2)cc1. The Labute approximate surface area is 251 Å². The van der Waals surface area contributed by atoms with E-state index in [1.807, 2.05) is 102 Å². The number of hydrogen-bond acceptors (Lipinski definition) is 4. The van der Waals surface area contributed by atoms with Gasteiger partial charge in [-0.15, -0.1) is 5.11 Å². The maximum absolute atomic E-state index is 13.3. The highest BCUT2D eigenvalue weighted by atomic mass is 16.2. The van der Waals surface area contributed by atoms with Crippen LogP contribution in [0.25, 0.3) is 0 Å². The Morgan fingerprint density at radius 2 is 1.19 bits per heavy atom. The van der Waals surface area contributed by atoms with Crippen molar-refractivity contribution in [1.29, 1.82) is 0 Å². The molecular weight excluding hydrogens is 534 g/mol. The number of carbonyl (C=O) groups excluding carboxylic acids is 2. The van der Waals surface area contributed by atoms with Crippen molar-refractivity contribution in [2.45, 2.75) is 25.2 Å². The Morgan fingerprint density at radius 1 is 0.674 bits per heavy atom. The van der Waals surface area contributed by atoms with Crippen molar-refractivity contribution in [3.8, 4) is 0 Å². The summed E-state index contributed by atoms with van der Waals surface area (Å²) in [5.74, 6) is -0.457. The summed E-state index contributed by atoms with van der Waals surface area (Å²) in [6.07, 6.45) is 0. The third-order valence-corrected chi connectivity index (χ3v) is 7.39. The molecule has 1 heterocycles. The lowest BCUT2D eigenvalue weighted by molar-refractivity contribution is -0.127. The average Bonchev–Trinajstić information content (AvgIpc) is 3.06. The summed E-state index contributed by atoms with van der Waals surface area (Å²) in [4.78, 5) is 28.2. The van der Waals surface area contributed by atoms with E-state index in [1.54, 1.807) is 29.2 Å². The first-order valence-electron chi connectivity index (χ1n) is 14.2. The van der Waals surface area contributed by atoms with Crippen LogP contribution in [0.2, 0.25) is 0 Å². The molecule has 2 amide bonds. The van der Waals surface area contributed by atoms with Gasteiger partial charge in [0.15, 0.2) is 0 Å². The van der Waals surface area contributed by atoms with Crippen LogP contribution < -0.4 is 10.2 Å². The normalized spacial score (nSPS) is 16.1. The van der Waals surface area contributed by atoms with Crippen molar-refractivity contribution in [2.24, 2.45) is 10.3 Å². The molecule has 0 aliphatic carbocycles. The largest absolute Gasteiger partial charge is 0.338 e. The van der Waals surface area contributed by atoms with Gasteiger partial charge in [0.1, 0.15) is 6.04 Å². The number of rotatable bonds is 10. The van der Waals surface area contributed by atoms with Gasteiger partial charge in [-0.2, -0.15) is 0 Å². The first-order valence-corrected chi connectivity index (χ1v) is 14.2. The molecule has 212 valence electrons. The number of nitrogens with zero attached hydrogens (tertiary/aromatic N) is 4. The van der Waals surface area contributed by atoms with E-state index in [-0.39, 0.29) is 17.9 Å². The molecule has 7 nitrogen and oxygen atoms in total. The molecule has 5 aromatic rings. The minimum Gasteiger partial charge on any atom is -0.338 e. The predicted octanol–water partition coefficient (Wildman–Crippen LogP) is 7.27. The minimum absolute atomic E-state index is 0.143. The summed E-state index contributed by atoms with van der Waals surface area (Å²) in [7, 11) is 0. The van der Waals surface area contributed by atoms with Gasteiger partial charge in [0.05, 0.1) is 24.8 Å². The van der Waals surface area contributed by atoms with Gasteiger partial charge in [0, 0.05) is 11.3 Å². The number of amides is 2. The summed E-state index contributed by atoms with van der Waals surface area (Å²) < 4.78 is 0. The summed E-state index contributed by atoms with van der Waals surface area (Å²) in [6.45, 7) is 1.22. The molecule has 6 rings (SSSR count). The number of anilines is 1. The highest BCUT2D eigenvalue weighted by Gasteiger charge is 2.49. The van der Waals surface area contributed by atoms with Crippen LogP contribution in [-0.4, -0.2) is 22.9 Å². The molecule has 1 aliphatic heterocycles. The summed E-state index contributed by atoms with van der Waals surface area (Å²) in [5.41, 5.74) is 5.10. The average molecular weight is 566 g/mol. The highest BCUT2D eigenvalue weighted by Crippen LogP contribution is 2.39. The summed E-state index contributed by atoms with van der Waals surface area (Å²) in [6, 6.07) is 45.5. The van der Waals surface area contributed by atoms with E-state index in [4.69, 9.17) is 0 Å². The maximum Gasteiger partial charge on any atom is 0.252 e. The quantitative estimate of drug-likeness (QED) is 0.110. The van der Waals surface area contributed by atoms with Crippen molar-refractivity contribution in [2.75, 3.05) is 4.90 Å². The number of hydrogen-bond donors (Lipinski definition) is 1. The molecule has 5 aromatic carbocycles. The van der Waals surface area contributed by atoms with Crippen molar-refractivity contribution >= 4 is 23.2 Å². The van der Waals surface area contributed by atoms with Crippen LogP contribution in [0.1, 0.15) is 33.1 Å². The second kappa shape index (κ2) is 13.0. The second-order valence-electron chi connectivity index (χ2n) is 10.4. The highest BCUT2D eigenvalue weighted by molar-refractivity contribution is 6.09. The van der Waals surface area contributed by atoms with E-state index < -0.39 is 6.04 Å². The van der Waals surface area contributed by atoms with Crippen LogP contribution >= 0.6 is 0 Å². The van der Waals surface area contributed by atoms with E-state index in [9.17, 15) is 9.59 Å². The zero-order valence-corrected chi connectivity index (χ0v) is 23.5. The number of carbonyl (C=O) groups is 2. The first-order chi connectivity index (χ1) is 21.2. The zero-order chi connectivity index (χ0) is 29.4. The summed E-state index contributed by atoms with van der Waals surface area (Å²) in [5, 5.41) is 13.9. The molecule has 1 N–H and O–H groups in total. The van der Waals surface area contributed by atoms with E-state index in [0.717, 1.165) is 22.4 Å². The van der Waals surface area contributed by atoms with Gasteiger partial charge in [-0.1, -0.05) is 114 Å². The molecule has 0 bridgehead atoms. The van der Waals surface area contributed by atoms with Crippen LogP contribution in [0.3, 0.4) is 0 Å². The van der Waals surface area contributed by atoms with E-state index >= 15 is 0 Å². The zero-order valence-electron chi connectivity index (χ0n) is 23.5. The fourth-order valence-corrected chi connectivity index (χ4v) is 5.22. The van der Waals surface area contributed by atoms with Crippen molar-refractivity contribution < 1.29 is 9.59 Å². The molecule has 0 aromatic heterocycles. The van der Waals surface area contributed by atoms with Gasteiger partial charge in [0.2, 0.25) is 0 Å². The number of benzene rings is 5. The number of nitrogens with one attached hydrogen (secondary N) is 1. The number of β-lactam (4-membered cyclic amide) rings is 1. The topological polar surface area (TPSA) is 77.4 Å². The molecular formula is C36H31N5O2. The predicted molar refractivity (Wildman–Crippen MR) is 167 cm³/mol. The van der Waals surface area contributed by atoms with Gasteiger partial charge in [-0.25, -0.2) is 0 Å². The second-order valence-corrected chi connectivity index (χ2v) is 10.4. The number of para-hydroxylation sites is 1. The molecule has 43 heavy (non-hydrogen) atoms. The van der Waals surface area contributed by atoms with Gasteiger partial charge >= 0.3 is 0 Å². The van der Waals surface area contributed by atoms with Crippen LogP contribution in [0.15, 0.2) is 156 Å². The Hall–Kier alpha value is -5.56. The molecule has 1 saturated heterocycles. The van der Waals surface area contributed by atoms with E-state index in [2.05, 4.69) is 39.9 Å². The first kappa shape index (κ1) is 27.6. The van der Waals surface area contributed by atoms with Crippen LogP contribution in [0.4, 0.5) is 11.4 Å². The Bertz CT molecular complexity index is 1640. The summed E-state index contributed by atoms with van der Waals surface area (Å²) >= 11 is 0. The molecule has 1 fully saturated rings. The smallest absolute Gasteiger partial charge is 0.252 e. The van der Waals surface area contributed by atoms with Crippen molar-refractivity contribution in [1.82, 2.24) is 10.3 Å². The van der Waals surface area contributed by atoms with Crippen molar-refractivity contribution in [3.63, 3.8) is 0 Å².